The summed E-state index contributed by atoms with van der Waals surface area (Å²) >= 11 is 0. The van der Waals surface area contributed by atoms with E-state index in [4.69, 9.17) is 4.74 Å². The number of fused-ring (bicyclic) bond motifs is 1. The molecule has 2 aliphatic heterocycles. The maximum atomic E-state index is 13.2. The zero-order valence-corrected chi connectivity index (χ0v) is 19.9. The molecule has 2 saturated heterocycles. The summed E-state index contributed by atoms with van der Waals surface area (Å²) in [6.07, 6.45) is -1.72. The number of aromatic nitrogens is 1. The van der Waals surface area contributed by atoms with Crippen LogP contribution in [0.2, 0.25) is 0 Å². The SMILES string of the molecule is CC(C)(C)OC(=O)N1CC2CN(c3cncc(C(=O)NCc4ccccc4C(F)(F)F)c3)CC2C1. The lowest BCUT2D eigenvalue weighted by Crippen LogP contribution is -2.37. The second-order valence-electron chi connectivity index (χ2n) is 10.1. The van der Waals surface area contributed by atoms with Crippen molar-refractivity contribution in [1.29, 1.82) is 0 Å². The van der Waals surface area contributed by atoms with E-state index in [-0.39, 0.29) is 23.8 Å². The van der Waals surface area contributed by atoms with Crippen LogP contribution in [0.3, 0.4) is 0 Å². The fourth-order valence-electron chi connectivity index (χ4n) is 4.63. The van der Waals surface area contributed by atoms with Crippen LogP contribution in [0.15, 0.2) is 42.7 Å². The molecule has 188 valence electrons. The van der Waals surface area contributed by atoms with E-state index in [9.17, 15) is 22.8 Å². The lowest BCUT2D eigenvalue weighted by atomic mass is 10.0. The van der Waals surface area contributed by atoms with Gasteiger partial charge in [-0.25, -0.2) is 4.79 Å². The summed E-state index contributed by atoms with van der Waals surface area (Å²) in [5.74, 6) is 0.0876. The first kappa shape index (κ1) is 24.8. The smallest absolute Gasteiger partial charge is 0.416 e. The van der Waals surface area contributed by atoms with Gasteiger partial charge < -0.3 is 19.9 Å². The van der Waals surface area contributed by atoms with Gasteiger partial charge in [0.05, 0.1) is 23.0 Å². The van der Waals surface area contributed by atoms with Gasteiger partial charge in [-0.05, 0) is 38.5 Å². The number of anilines is 1. The van der Waals surface area contributed by atoms with Crippen LogP contribution in [0.4, 0.5) is 23.7 Å². The van der Waals surface area contributed by atoms with Crippen LogP contribution < -0.4 is 10.2 Å². The molecule has 1 aromatic heterocycles. The van der Waals surface area contributed by atoms with Crippen LogP contribution >= 0.6 is 0 Å². The molecule has 2 fully saturated rings. The van der Waals surface area contributed by atoms with E-state index in [1.165, 1.54) is 24.4 Å². The quantitative estimate of drug-likeness (QED) is 0.691. The summed E-state index contributed by atoms with van der Waals surface area (Å²) < 4.78 is 45.1. The van der Waals surface area contributed by atoms with E-state index in [1.807, 2.05) is 20.8 Å². The first-order valence-corrected chi connectivity index (χ1v) is 11.5. The topological polar surface area (TPSA) is 74.8 Å². The number of nitrogens with one attached hydrogen (secondary N) is 1. The van der Waals surface area contributed by atoms with Crippen LogP contribution in [0.1, 0.15) is 42.3 Å². The van der Waals surface area contributed by atoms with Gasteiger partial charge in [-0.15, -0.1) is 0 Å². The fraction of sp³-hybridized carbons (Fsp3) is 0.480. The van der Waals surface area contributed by atoms with Gasteiger partial charge in [0.15, 0.2) is 0 Å². The van der Waals surface area contributed by atoms with Gasteiger partial charge in [-0.3, -0.25) is 9.78 Å². The molecule has 2 aromatic rings. The molecule has 0 spiro atoms. The first-order chi connectivity index (χ1) is 16.4. The zero-order valence-electron chi connectivity index (χ0n) is 19.9. The van der Waals surface area contributed by atoms with Crippen molar-refractivity contribution in [2.45, 2.75) is 39.1 Å². The molecular weight excluding hydrogens is 461 g/mol. The molecule has 0 aliphatic carbocycles. The first-order valence-electron chi connectivity index (χ1n) is 11.5. The highest BCUT2D eigenvalue weighted by Gasteiger charge is 2.43. The van der Waals surface area contributed by atoms with Crippen molar-refractivity contribution in [3.63, 3.8) is 0 Å². The van der Waals surface area contributed by atoms with Crippen LogP contribution in [-0.4, -0.2) is 53.7 Å². The average Bonchev–Trinajstić information content (AvgIpc) is 3.36. The Balaban J connectivity index is 1.36. The van der Waals surface area contributed by atoms with E-state index in [0.717, 1.165) is 24.8 Å². The van der Waals surface area contributed by atoms with Gasteiger partial charge in [0.25, 0.3) is 5.91 Å². The van der Waals surface area contributed by atoms with Gasteiger partial charge in [-0.2, -0.15) is 13.2 Å². The second kappa shape index (κ2) is 9.39. The molecule has 3 heterocycles. The minimum atomic E-state index is -4.49. The molecule has 10 heteroatoms. The molecule has 0 bridgehead atoms. The Morgan fingerprint density at radius 3 is 2.34 bits per heavy atom. The zero-order chi connectivity index (χ0) is 25.4. The average molecular weight is 491 g/mol. The molecule has 2 amide bonds. The van der Waals surface area contributed by atoms with Crippen molar-refractivity contribution in [2.24, 2.45) is 11.8 Å². The maximum Gasteiger partial charge on any atom is 0.416 e. The molecule has 2 aliphatic rings. The van der Waals surface area contributed by atoms with Crippen molar-refractivity contribution in [3.8, 4) is 0 Å². The highest BCUT2D eigenvalue weighted by atomic mass is 19.4. The van der Waals surface area contributed by atoms with Gasteiger partial charge in [0, 0.05) is 50.8 Å². The number of hydrogen-bond donors (Lipinski definition) is 1. The molecule has 1 aromatic carbocycles. The standard InChI is InChI=1S/C25H29F3N4O3/c1-24(2,3)35-23(34)32-14-18-12-31(13-19(18)15-32)20-8-17(9-29-11-20)22(33)30-10-16-6-4-5-7-21(16)25(26,27)28/h4-9,11,18-19H,10,12-15H2,1-3H3,(H,30,33). The monoisotopic (exact) mass is 490 g/mol. The fourth-order valence-corrected chi connectivity index (χ4v) is 4.63. The third kappa shape index (κ3) is 5.86. The highest BCUT2D eigenvalue weighted by molar-refractivity contribution is 5.94. The van der Waals surface area contributed by atoms with E-state index < -0.39 is 23.2 Å². The molecule has 2 unspecified atom stereocenters. The van der Waals surface area contributed by atoms with Crippen LogP contribution in [-0.2, 0) is 17.5 Å². The largest absolute Gasteiger partial charge is 0.444 e. The van der Waals surface area contributed by atoms with Gasteiger partial charge in [0.1, 0.15) is 5.60 Å². The van der Waals surface area contributed by atoms with Crippen molar-refractivity contribution in [2.75, 3.05) is 31.1 Å². The normalized spacial score (nSPS) is 20.1. The minimum absolute atomic E-state index is 0.000580. The summed E-state index contributed by atoms with van der Waals surface area (Å²) in [5.41, 5.74) is -0.260. The van der Waals surface area contributed by atoms with E-state index in [1.54, 1.807) is 17.2 Å². The number of hydrogen-bond acceptors (Lipinski definition) is 5. The number of benzene rings is 1. The van der Waals surface area contributed by atoms with E-state index >= 15 is 0 Å². The molecule has 1 N–H and O–H groups in total. The summed E-state index contributed by atoms with van der Waals surface area (Å²) in [5, 5.41) is 2.57. The number of carbonyl (C=O) groups excluding carboxylic acids is 2. The molecule has 2 atom stereocenters. The van der Waals surface area contributed by atoms with Crippen molar-refractivity contribution in [1.82, 2.24) is 15.2 Å². The number of rotatable bonds is 4. The van der Waals surface area contributed by atoms with E-state index in [0.29, 0.717) is 24.9 Å². The number of nitrogens with zero attached hydrogens (tertiary/aromatic N) is 3. The van der Waals surface area contributed by atoms with Crippen LogP contribution in [0.25, 0.3) is 0 Å². The van der Waals surface area contributed by atoms with E-state index in [2.05, 4.69) is 15.2 Å². The number of likely N-dealkylation sites (tertiary alicyclic amines) is 1. The lowest BCUT2D eigenvalue weighted by Gasteiger charge is -2.26. The number of pyridine rings is 1. The number of halogens is 3. The number of alkyl halides is 3. The van der Waals surface area contributed by atoms with Crippen molar-refractivity contribution >= 4 is 17.7 Å². The maximum absolute atomic E-state index is 13.2. The Hall–Kier alpha value is -3.30. The number of carbonyl (C=O) groups is 2. The summed E-state index contributed by atoms with van der Waals surface area (Å²) in [6, 6.07) is 6.87. The summed E-state index contributed by atoms with van der Waals surface area (Å²) in [4.78, 5) is 33.1. The summed E-state index contributed by atoms with van der Waals surface area (Å²) in [7, 11) is 0. The Kier molecular flexibility index (Phi) is 6.66. The minimum Gasteiger partial charge on any atom is -0.444 e. The van der Waals surface area contributed by atoms with Gasteiger partial charge in [0.2, 0.25) is 0 Å². The molecular formula is C25H29F3N4O3. The molecule has 7 nitrogen and oxygen atoms in total. The van der Waals surface area contributed by atoms with Crippen LogP contribution in [0.5, 0.6) is 0 Å². The van der Waals surface area contributed by atoms with Crippen molar-refractivity contribution < 1.29 is 27.5 Å². The molecule has 4 rings (SSSR count). The third-order valence-corrected chi connectivity index (χ3v) is 6.25. The molecule has 0 radical (unpaired) electrons. The second-order valence-corrected chi connectivity index (χ2v) is 10.1. The third-order valence-electron chi connectivity index (χ3n) is 6.25. The number of amides is 2. The predicted octanol–water partition coefficient (Wildman–Crippen LogP) is 4.33. The van der Waals surface area contributed by atoms with Crippen LogP contribution in [0, 0.1) is 11.8 Å². The summed E-state index contributed by atoms with van der Waals surface area (Å²) in [6.45, 7) is 7.95. The number of ether oxygens (including phenoxy) is 1. The van der Waals surface area contributed by atoms with Crippen molar-refractivity contribution in [3.05, 3.63) is 59.4 Å². The molecule has 0 saturated carbocycles. The Labute approximate surface area is 202 Å². The predicted molar refractivity (Wildman–Crippen MR) is 124 cm³/mol. The Morgan fingerprint density at radius 2 is 1.71 bits per heavy atom. The lowest BCUT2D eigenvalue weighted by molar-refractivity contribution is -0.138. The molecule has 35 heavy (non-hydrogen) atoms. The highest BCUT2D eigenvalue weighted by Crippen LogP contribution is 2.35. The van der Waals surface area contributed by atoms with Gasteiger partial charge >= 0.3 is 12.3 Å². The van der Waals surface area contributed by atoms with Gasteiger partial charge in [-0.1, -0.05) is 18.2 Å². The Morgan fingerprint density at radius 1 is 1.06 bits per heavy atom. The Bertz CT molecular complexity index is 1090.